The lowest BCUT2D eigenvalue weighted by molar-refractivity contribution is 0.158. The second-order valence-corrected chi connectivity index (χ2v) is 7.69. The summed E-state index contributed by atoms with van der Waals surface area (Å²) < 4.78 is 16.6. The SMILES string of the molecule is COc1cc2c(cc1OC)C1Cc3c(c(=O)oc4ccc(C)cc34)CN1CC2. The van der Waals surface area contributed by atoms with E-state index in [0.717, 1.165) is 47.4 Å². The maximum atomic E-state index is 12.6. The van der Waals surface area contributed by atoms with Gasteiger partial charge in [-0.3, -0.25) is 4.90 Å². The summed E-state index contributed by atoms with van der Waals surface area (Å²) in [7, 11) is 3.34. The van der Waals surface area contributed by atoms with Crippen molar-refractivity contribution in [2.24, 2.45) is 0 Å². The van der Waals surface area contributed by atoms with Crippen LogP contribution in [-0.4, -0.2) is 25.7 Å². The topological polar surface area (TPSA) is 51.9 Å². The molecule has 5 heteroatoms. The van der Waals surface area contributed by atoms with Gasteiger partial charge in [-0.25, -0.2) is 4.79 Å². The third-order valence-electron chi connectivity index (χ3n) is 6.15. The number of benzene rings is 2. The highest BCUT2D eigenvalue weighted by Gasteiger charge is 2.35. The van der Waals surface area contributed by atoms with Crippen LogP contribution >= 0.6 is 0 Å². The molecule has 0 saturated carbocycles. The first-order valence-corrected chi connectivity index (χ1v) is 9.63. The molecule has 3 aromatic rings. The van der Waals surface area contributed by atoms with Gasteiger partial charge in [-0.2, -0.15) is 0 Å². The minimum atomic E-state index is -0.206. The van der Waals surface area contributed by atoms with E-state index in [0.29, 0.717) is 12.1 Å². The number of hydrogen-bond acceptors (Lipinski definition) is 5. The van der Waals surface area contributed by atoms with Gasteiger partial charge in [0.05, 0.1) is 19.8 Å². The molecule has 3 heterocycles. The summed E-state index contributed by atoms with van der Waals surface area (Å²) >= 11 is 0. The summed E-state index contributed by atoms with van der Waals surface area (Å²) in [5.74, 6) is 1.52. The predicted octanol–water partition coefficient (Wildman–Crippen LogP) is 3.77. The Balaban J connectivity index is 1.68. The molecule has 2 aliphatic heterocycles. The first kappa shape index (κ1) is 17.3. The Bertz CT molecular complexity index is 1150. The summed E-state index contributed by atoms with van der Waals surface area (Å²) in [6.45, 7) is 3.61. The van der Waals surface area contributed by atoms with Gasteiger partial charge in [-0.05, 0) is 60.7 Å². The van der Waals surface area contributed by atoms with Crippen molar-refractivity contribution in [3.8, 4) is 11.5 Å². The van der Waals surface area contributed by atoms with Crippen LogP contribution in [-0.2, 0) is 19.4 Å². The molecule has 1 atom stereocenters. The smallest absolute Gasteiger partial charge is 0.341 e. The highest BCUT2D eigenvalue weighted by atomic mass is 16.5. The van der Waals surface area contributed by atoms with Crippen LogP contribution in [0.3, 0.4) is 0 Å². The van der Waals surface area contributed by atoms with Gasteiger partial charge in [0, 0.05) is 24.5 Å². The first-order chi connectivity index (χ1) is 13.6. The van der Waals surface area contributed by atoms with Crippen molar-refractivity contribution in [3.63, 3.8) is 0 Å². The van der Waals surface area contributed by atoms with Crippen molar-refractivity contribution in [2.75, 3.05) is 20.8 Å². The summed E-state index contributed by atoms with van der Waals surface area (Å²) in [4.78, 5) is 15.0. The van der Waals surface area contributed by atoms with E-state index in [1.54, 1.807) is 14.2 Å². The molecule has 0 spiro atoms. The number of aryl methyl sites for hydroxylation is 1. The molecule has 0 amide bonds. The summed E-state index contributed by atoms with van der Waals surface area (Å²) in [6.07, 6.45) is 1.73. The molecule has 2 aromatic carbocycles. The molecule has 0 radical (unpaired) electrons. The molecule has 5 rings (SSSR count). The second-order valence-electron chi connectivity index (χ2n) is 7.69. The average molecular weight is 377 g/mol. The lowest BCUT2D eigenvalue weighted by atomic mass is 9.83. The Kier molecular flexibility index (Phi) is 3.95. The molecular weight excluding hydrogens is 354 g/mol. The predicted molar refractivity (Wildman–Crippen MR) is 107 cm³/mol. The number of fused-ring (bicyclic) bond motifs is 6. The van der Waals surface area contributed by atoms with Gasteiger partial charge in [0.1, 0.15) is 5.58 Å². The highest BCUT2D eigenvalue weighted by Crippen LogP contribution is 2.43. The van der Waals surface area contributed by atoms with E-state index in [4.69, 9.17) is 13.9 Å². The lowest BCUT2D eigenvalue weighted by Gasteiger charge is -2.41. The van der Waals surface area contributed by atoms with E-state index < -0.39 is 0 Å². The van der Waals surface area contributed by atoms with Crippen LogP contribution in [0.4, 0.5) is 0 Å². The molecule has 5 nitrogen and oxygen atoms in total. The van der Waals surface area contributed by atoms with Crippen molar-refractivity contribution < 1.29 is 13.9 Å². The zero-order valence-electron chi connectivity index (χ0n) is 16.4. The monoisotopic (exact) mass is 377 g/mol. The molecule has 0 bridgehead atoms. The Labute approximate surface area is 163 Å². The fourth-order valence-corrected chi connectivity index (χ4v) is 4.71. The van der Waals surface area contributed by atoms with Gasteiger partial charge in [-0.15, -0.1) is 0 Å². The van der Waals surface area contributed by atoms with Gasteiger partial charge in [0.15, 0.2) is 11.5 Å². The normalized spacial score (nSPS) is 18.3. The van der Waals surface area contributed by atoms with Crippen LogP contribution in [0, 0.1) is 6.92 Å². The number of rotatable bonds is 2. The molecule has 2 aliphatic rings. The number of nitrogens with zero attached hydrogens (tertiary/aromatic N) is 1. The second kappa shape index (κ2) is 6.38. The van der Waals surface area contributed by atoms with E-state index >= 15 is 0 Å². The lowest BCUT2D eigenvalue weighted by Crippen LogP contribution is -2.41. The van der Waals surface area contributed by atoms with Crippen LogP contribution in [0.25, 0.3) is 11.0 Å². The van der Waals surface area contributed by atoms with Crippen molar-refractivity contribution in [1.82, 2.24) is 4.90 Å². The molecule has 1 unspecified atom stereocenters. The Morgan fingerprint density at radius 2 is 1.86 bits per heavy atom. The largest absolute Gasteiger partial charge is 0.493 e. The maximum Gasteiger partial charge on any atom is 0.341 e. The maximum absolute atomic E-state index is 12.6. The Hall–Kier alpha value is -2.79. The molecule has 144 valence electrons. The van der Waals surface area contributed by atoms with E-state index in [9.17, 15) is 4.79 Å². The van der Waals surface area contributed by atoms with Crippen LogP contribution in [0.2, 0.25) is 0 Å². The van der Waals surface area contributed by atoms with Crippen molar-refractivity contribution in [2.45, 2.75) is 32.4 Å². The summed E-state index contributed by atoms with van der Waals surface area (Å²) in [5.41, 5.74) is 6.13. The minimum Gasteiger partial charge on any atom is -0.493 e. The van der Waals surface area contributed by atoms with E-state index in [1.165, 1.54) is 16.7 Å². The van der Waals surface area contributed by atoms with E-state index in [1.807, 2.05) is 12.1 Å². The molecule has 0 N–H and O–H groups in total. The van der Waals surface area contributed by atoms with Gasteiger partial charge >= 0.3 is 5.63 Å². The number of hydrogen-bond donors (Lipinski definition) is 0. The van der Waals surface area contributed by atoms with E-state index in [-0.39, 0.29) is 11.7 Å². The van der Waals surface area contributed by atoms with Gasteiger partial charge < -0.3 is 13.9 Å². The quantitative estimate of drug-likeness (QED) is 0.636. The number of methoxy groups -OCH3 is 2. The highest BCUT2D eigenvalue weighted by molar-refractivity contribution is 5.82. The minimum absolute atomic E-state index is 0.206. The molecule has 28 heavy (non-hydrogen) atoms. The molecule has 0 aliphatic carbocycles. The molecule has 0 saturated heterocycles. The van der Waals surface area contributed by atoms with Crippen LogP contribution < -0.4 is 15.1 Å². The Morgan fingerprint density at radius 1 is 1.07 bits per heavy atom. The zero-order valence-corrected chi connectivity index (χ0v) is 16.4. The van der Waals surface area contributed by atoms with Gasteiger partial charge in [-0.1, -0.05) is 11.6 Å². The third kappa shape index (κ3) is 2.53. The molecule has 0 fully saturated rings. The fourth-order valence-electron chi connectivity index (χ4n) is 4.71. The average Bonchev–Trinajstić information content (AvgIpc) is 2.72. The molecular formula is C23H23NO4. The van der Waals surface area contributed by atoms with Crippen molar-refractivity contribution in [1.29, 1.82) is 0 Å². The van der Waals surface area contributed by atoms with Gasteiger partial charge in [0.2, 0.25) is 0 Å². The molecule has 1 aromatic heterocycles. The van der Waals surface area contributed by atoms with Gasteiger partial charge in [0.25, 0.3) is 0 Å². The first-order valence-electron chi connectivity index (χ1n) is 9.63. The van der Waals surface area contributed by atoms with Crippen LogP contribution in [0.5, 0.6) is 11.5 Å². The van der Waals surface area contributed by atoms with E-state index in [2.05, 4.69) is 30.0 Å². The summed E-state index contributed by atoms with van der Waals surface area (Å²) in [6, 6.07) is 10.4. The Morgan fingerprint density at radius 3 is 2.64 bits per heavy atom. The zero-order chi connectivity index (χ0) is 19.4. The fraction of sp³-hybridized carbons (Fsp3) is 0.348. The van der Waals surface area contributed by atoms with Crippen molar-refractivity contribution >= 4 is 11.0 Å². The van der Waals surface area contributed by atoms with Crippen LogP contribution in [0.15, 0.2) is 39.5 Å². The van der Waals surface area contributed by atoms with Crippen LogP contribution in [0.1, 0.15) is 33.9 Å². The third-order valence-corrected chi connectivity index (χ3v) is 6.15. The van der Waals surface area contributed by atoms with Crippen molar-refractivity contribution in [3.05, 3.63) is 68.6 Å². The summed E-state index contributed by atoms with van der Waals surface area (Å²) in [5, 5.41) is 1.06. The number of ether oxygens (including phenoxy) is 2. The standard InChI is InChI=1S/C23H23NO4/c1-13-4-5-20-17(8-13)16-10-19-15-11-22(27-3)21(26-2)9-14(15)6-7-24(19)12-18(16)23(25)28-20/h4-5,8-9,11,19H,6-7,10,12H2,1-3H3.